The van der Waals surface area contributed by atoms with Crippen molar-refractivity contribution in [1.82, 2.24) is 4.53 Å². The molecule has 0 saturated carbocycles. The second kappa shape index (κ2) is 6.67. The minimum Gasteiger partial charge on any atom is -0.330 e. The number of para-hydroxylation sites is 1. The van der Waals surface area contributed by atoms with Crippen LogP contribution in [0.2, 0.25) is 5.02 Å². The fraction of sp³-hybridized carbons (Fsp3) is 0.222. The third kappa shape index (κ3) is 2.78. The highest BCUT2D eigenvalue weighted by molar-refractivity contribution is 6.36. The number of halogens is 2. The van der Waals surface area contributed by atoms with Crippen molar-refractivity contribution in [3.8, 4) is 0 Å². The van der Waals surface area contributed by atoms with Crippen LogP contribution < -0.4 is 10.6 Å². The van der Waals surface area contributed by atoms with Crippen LogP contribution in [0.1, 0.15) is 17.5 Å². The molecule has 0 spiro atoms. The van der Waals surface area contributed by atoms with E-state index in [0.29, 0.717) is 24.5 Å². The maximum Gasteiger partial charge on any atom is 0.160 e. The molecule has 0 fully saturated rings. The number of hydrogen-bond donors (Lipinski definition) is 1. The lowest BCUT2D eigenvalue weighted by Gasteiger charge is -2.27. The number of amidine groups is 1. The molecule has 1 unspecified atom stereocenters. The molecule has 4 rings (SSSR count). The van der Waals surface area contributed by atoms with Crippen LogP contribution >= 0.6 is 23.4 Å². The maximum atomic E-state index is 6.43. The summed E-state index contributed by atoms with van der Waals surface area (Å²) in [5, 5.41) is 5.12. The van der Waals surface area contributed by atoms with E-state index in [0.717, 1.165) is 28.4 Å². The van der Waals surface area contributed by atoms with Gasteiger partial charge in [0.25, 0.3) is 0 Å². The third-order valence-corrected chi connectivity index (χ3v) is 4.99. The zero-order valence-electron chi connectivity index (χ0n) is 13.4. The number of hydrazone groups is 1. The van der Waals surface area contributed by atoms with Gasteiger partial charge in [-0.3, -0.25) is 4.99 Å². The highest BCUT2D eigenvalue weighted by Gasteiger charge is 2.37. The smallest absolute Gasteiger partial charge is 0.160 e. The predicted octanol–water partition coefficient (Wildman–Crippen LogP) is 3.46. The molecule has 7 heteroatoms. The average molecular weight is 374 g/mol. The van der Waals surface area contributed by atoms with E-state index in [1.165, 1.54) is 4.53 Å². The van der Waals surface area contributed by atoms with Crippen LogP contribution in [0.4, 0.5) is 5.69 Å². The van der Waals surface area contributed by atoms with E-state index in [9.17, 15) is 0 Å². The van der Waals surface area contributed by atoms with Gasteiger partial charge in [-0.05, 0) is 18.7 Å². The van der Waals surface area contributed by atoms with Gasteiger partial charge in [0.15, 0.2) is 6.17 Å². The molecule has 2 heterocycles. The molecule has 0 radical (unpaired) electrons. The number of nitrogens with two attached hydrogens (primary N) is 1. The minimum atomic E-state index is -0.177. The summed E-state index contributed by atoms with van der Waals surface area (Å²) in [5.41, 5.74) is 9.56. The van der Waals surface area contributed by atoms with Crippen LogP contribution in [0.3, 0.4) is 0 Å². The van der Waals surface area contributed by atoms with Gasteiger partial charge in [-0.25, -0.2) is 0 Å². The van der Waals surface area contributed by atoms with Crippen LogP contribution in [0.5, 0.6) is 0 Å². The summed E-state index contributed by atoms with van der Waals surface area (Å²) in [5.74, 6) is 0.852. The number of anilines is 1. The van der Waals surface area contributed by atoms with Crippen LogP contribution in [-0.2, 0) is 0 Å². The van der Waals surface area contributed by atoms with Gasteiger partial charge in [0, 0.05) is 34.3 Å². The highest BCUT2D eigenvalue weighted by atomic mass is 35.5. The van der Waals surface area contributed by atoms with Gasteiger partial charge in [0.2, 0.25) is 0 Å². The zero-order chi connectivity index (χ0) is 17.4. The largest absolute Gasteiger partial charge is 0.330 e. The molecule has 0 aliphatic carbocycles. The summed E-state index contributed by atoms with van der Waals surface area (Å²) in [6, 6.07) is 15.9. The fourth-order valence-corrected chi connectivity index (χ4v) is 3.73. The first-order valence-corrected chi connectivity index (χ1v) is 8.83. The molecule has 128 valence electrons. The number of rotatable bonds is 3. The van der Waals surface area contributed by atoms with Crippen LogP contribution in [0.15, 0.2) is 58.6 Å². The third-order valence-electron chi connectivity index (χ3n) is 4.36. The Labute approximate surface area is 156 Å². The van der Waals surface area contributed by atoms with Crippen molar-refractivity contribution < 1.29 is 0 Å². The summed E-state index contributed by atoms with van der Waals surface area (Å²) >= 11 is 12.8. The molecule has 2 N–H and O–H groups in total. The highest BCUT2D eigenvalue weighted by Crippen LogP contribution is 2.35. The molecule has 0 saturated heterocycles. The maximum absolute atomic E-state index is 6.43. The van der Waals surface area contributed by atoms with Crippen LogP contribution in [0.25, 0.3) is 0 Å². The van der Waals surface area contributed by atoms with Gasteiger partial charge >= 0.3 is 0 Å². The van der Waals surface area contributed by atoms with E-state index in [4.69, 9.17) is 34.1 Å². The van der Waals surface area contributed by atoms with Crippen molar-refractivity contribution in [3.05, 3.63) is 64.7 Å². The van der Waals surface area contributed by atoms with Crippen LogP contribution in [-0.4, -0.2) is 35.3 Å². The number of aliphatic imine (C=N–C) groups is 1. The summed E-state index contributed by atoms with van der Waals surface area (Å²) in [6.07, 6.45) is 0.472. The second-order valence-electron chi connectivity index (χ2n) is 5.88. The Morgan fingerprint density at radius 2 is 1.80 bits per heavy atom. The summed E-state index contributed by atoms with van der Waals surface area (Å²) in [4.78, 5) is 6.97. The first-order valence-electron chi connectivity index (χ1n) is 8.11. The van der Waals surface area contributed by atoms with Crippen molar-refractivity contribution in [2.75, 3.05) is 18.0 Å². The lowest BCUT2D eigenvalue weighted by atomic mass is 10.00. The van der Waals surface area contributed by atoms with Gasteiger partial charge in [-0.2, -0.15) is 4.53 Å². The van der Waals surface area contributed by atoms with E-state index < -0.39 is 0 Å². The molecular weight excluding hydrogens is 357 g/mol. The second-order valence-corrected chi connectivity index (χ2v) is 6.63. The minimum absolute atomic E-state index is 0.177. The molecule has 2 aliphatic heterocycles. The van der Waals surface area contributed by atoms with Crippen molar-refractivity contribution in [1.29, 1.82) is 0 Å². The lowest BCUT2D eigenvalue weighted by molar-refractivity contribution is 0.401. The molecule has 0 bridgehead atoms. The van der Waals surface area contributed by atoms with E-state index in [1.807, 2.05) is 36.4 Å². The van der Waals surface area contributed by atoms with E-state index in [2.05, 4.69) is 22.1 Å². The lowest BCUT2D eigenvalue weighted by Crippen LogP contribution is -2.42. The van der Waals surface area contributed by atoms with E-state index in [-0.39, 0.29) is 6.17 Å². The summed E-state index contributed by atoms with van der Waals surface area (Å²) < 4.78 is 1.45. The van der Waals surface area contributed by atoms with Crippen LogP contribution in [0, 0.1) is 0 Å². The molecule has 1 atom stereocenters. The van der Waals surface area contributed by atoms with Gasteiger partial charge in [0.05, 0.1) is 17.9 Å². The summed E-state index contributed by atoms with van der Waals surface area (Å²) in [7, 11) is 0. The number of nitrogens with zero attached hydrogens (tertiary/aromatic N) is 4. The number of hydrogen-bond acceptors (Lipinski definition) is 5. The molecule has 2 aromatic carbocycles. The first kappa shape index (κ1) is 16.4. The Kier molecular flexibility index (Phi) is 4.37. The number of benzene rings is 2. The molecule has 5 nitrogen and oxygen atoms in total. The Morgan fingerprint density at radius 1 is 1.08 bits per heavy atom. The van der Waals surface area contributed by atoms with Crippen molar-refractivity contribution in [2.24, 2.45) is 15.8 Å². The molecule has 2 aromatic rings. The number of fused-ring (bicyclic) bond motifs is 3. The van der Waals surface area contributed by atoms with E-state index in [1.54, 1.807) is 0 Å². The molecule has 2 aliphatic rings. The molecule has 25 heavy (non-hydrogen) atoms. The zero-order valence-corrected chi connectivity index (χ0v) is 15.0. The average Bonchev–Trinajstić information content (AvgIpc) is 2.82. The molecule has 0 amide bonds. The van der Waals surface area contributed by atoms with Crippen molar-refractivity contribution in [3.63, 3.8) is 0 Å². The Balaban J connectivity index is 1.88. The molecule has 0 aromatic heterocycles. The quantitative estimate of drug-likeness (QED) is 0.838. The SMILES string of the molecule is NCCC1=NN(Cl)C2CN=C(c3ccccc3Cl)c3ccccc3N12. The van der Waals surface area contributed by atoms with Gasteiger partial charge in [-0.1, -0.05) is 48.0 Å². The predicted molar refractivity (Wildman–Crippen MR) is 103 cm³/mol. The fourth-order valence-electron chi connectivity index (χ4n) is 3.27. The molecular formula is C18H17Cl2N5. The van der Waals surface area contributed by atoms with E-state index >= 15 is 0 Å². The van der Waals surface area contributed by atoms with Crippen molar-refractivity contribution in [2.45, 2.75) is 12.6 Å². The standard InChI is InChI=1S/C18H17Cl2N5/c19-14-7-3-1-5-12(14)18-13-6-2-4-8-15(13)24-16(9-10-21)23-25(20)17(24)11-22-18/h1-8,17H,9-11,21H2. The Morgan fingerprint density at radius 3 is 2.56 bits per heavy atom. The van der Waals surface area contributed by atoms with Gasteiger partial charge in [-0.15, -0.1) is 5.10 Å². The summed E-state index contributed by atoms with van der Waals surface area (Å²) in [6.45, 7) is 0.990. The van der Waals surface area contributed by atoms with Gasteiger partial charge < -0.3 is 10.6 Å². The first-order chi connectivity index (χ1) is 12.2. The van der Waals surface area contributed by atoms with Gasteiger partial charge in [0.1, 0.15) is 5.84 Å². The Hall–Kier alpha value is -2.08. The monoisotopic (exact) mass is 373 g/mol. The Bertz CT molecular complexity index is 864. The normalized spacial score (nSPS) is 19.1. The topological polar surface area (TPSA) is 57.2 Å². The van der Waals surface area contributed by atoms with Crippen molar-refractivity contribution >= 4 is 40.6 Å².